The zero-order valence-corrected chi connectivity index (χ0v) is 22.0. The number of halogens is 3. The van der Waals surface area contributed by atoms with Crippen LogP contribution in [0.5, 0.6) is 5.75 Å². The van der Waals surface area contributed by atoms with Crippen LogP contribution in [-0.2, 0) is 22.4 Å². The molecule has 1 fully saturated rings. The normalized spacial score (nSPS) is 15.0. The first-order valence-corrected chi connectivity index (χ1v) is 15.7. The highest BCUT2D eigenvalue weighted by atomic mass is 28.3. The molecule has 0 amide bonds. The molecule has 1 N–H and O–H groups in total. The van der Waals surface area contributed by atoms with Crippen molar-refractivity contribution in [3.8, 4) is 28.4 Å². The van der Waals surface area contributed by atoms with E-state index in [1.165, 1.54) is 10.8 Å². The number of carbonyl (C=O) groups is 1. The molecule has 1 saturated carbocycles. The number of ether oxygens (including phenoxy) is 2. The van der Waals surface area contributed by atoms with Gasteiger partial charge in [0.05, 0.1) is 5.69 Å². The maximum absolute atomic E-state index is 13.4. The Hall–Kier alpha value is -3.18. The maximum atomic E-state index is 13.4. The van der Waals surface area contributed by atoms with Crippen molar-refractivity contribution in [1.29, 1.82) is 0 Å². The number of nitrogens with zero attached hydrogens (tertiary/aromatic N) is 3. The van der Waals surface area contributed by atoms with E-state index in [1.54, 1.807) is 36.4 Å². The second kappa shape index (κ2) is 10.3. The van der Waals surface area contributed by atoms with Crippen molar-refractivity contribution < 1.29 is 32.5 Å². The molecule has 2 aromatic heterocycles. The number of alkyl halides is 3. The van der Waals surface area contributed by atoms with Gasteiger partial charge in [-0.05, 0) is 55.3 Å². The van der Waals surface area contributed by atoms with Gasteiger partial charge in [0.25, 0.3) is 0 Å². The molecule has 0 bridgehead atoms. The van der Waals surface area contributed by atoms with Crippen molar-refractivity contribution in [3.63, 3.8) is 0 Å². The predicted octanol–water partition coefficient (Wildman–Crippen LogP) is 6.19. The summed E-state index contributed by atoms with van der Waals surface area (Å²) in [7, 11) is -1.33. The number of carboxylic acids is 1. The van der Waals surface area contributed by atoms with Crippen molar-refractivity contribution in [2.75, 3.05) is 13.2 Å². The van der Waals surface area contributed by atoms with Crippen LogP contribution in [-0.4, -0.2) is 46.9 Å². The van der Waals surface area contributed by atoms with Crippen molar-refractivity contribution in [2.45, 2.75) is 51.4 Å². The topological polar surface area (TPSA) is 86.5 Å². The molecule has 0 saturated heterocycles. The summed E-state index contributed by atoms with van der Waals surface area (Å²) in [5.41, 5.74) is 0.100. The molecule has 0 atom stereocenters. The number of hydrogen-bond acceptors (Lipinski definition) is 5. The summed E-state index contributed by atoms with van der Waals surface area (Å²) in [5, 5.41) is 9.27. The van der Waals surface area contributed by atoms with Crippen LogP contribution >= 0.6 is 0 Å². The molecule has 11 heteroatoms. The van der Waals surface area contributed by atoms with E-state index in [2.05, 4.69) is 29.6 Å². The quantitative estimate of drug-likeness (QED) is 0.234. The van der Waals surface area contributed by atoms with Gasteiger partial charge in [-0.15, -0.1) is 0 Å². The summed E-state index contributed by atoms with van der Waals surface area (Å²) in [4.78, 5) is 19.5. The van der Waals surface area contributed by atoms with E-state index in [0.29, 0.717) is 36.5 Å². The van der Waals surface area contributed by atoms with E-state index in [-0.39, 0.29) is 19.2 Å². The van der Waals surface area contributed by atoms with Gasteiger partial charge in [0.2, 0.25) is 0 Å². The number of pyridine rings is 1. The minimum atomic E-state index is -4.57. The first kappa shape index (κ1) is 26.9. The number of rotatable bonds is 11. The molecule has 1 aromatic carbocycles. The van der Waals surface area contributed by atoms with E-state index in [4.69, 9.17) is 9.47 Å². The minimum Gasteiger partial charge on any atom is -0.492 e. The van der Waals surface area contributed by atoms with Gasteiger partial charge in [-0.25, -0.2) is 4.98 Å². The number of imidazole rings is 1. The third-order valence-corrected chi connectivity index (χ3v) is 7.99. The molecule has 2 heterocycles. The molecule has 37 heavy (non-hydrogen) atoms. The summed E-state index contributed by atoms with van der Waals surface area (Å²) < 4.78 is 52.8. The molecule has 0 radical (unpaired) electrons. The summed E-state index contributed by atoms with van der Waals surface area (Å²) >= 11 is 0. The Bertz CT molecular complexity index is 1230. The number of hydrogen-bond donors (Lipinski definition) is 1. The van der Waals surface area contributed by atoms with E-state index >= 15 is 0 Å². The van der Waals surface area contributed by atoms with Crippen molar-refractivity contribution >= 4 is 14.0 Å². The van der Waals surface area contributed by atoms with E-state index < -0.39 is 31.3 Å². The highest BCUT2D eigenvalue weighted by molar-refractivity contribution is 6.76. The Kier molecular flexibility index (Phi) is 7.47. The molecular weight excluding hydrogens is 503 g/mol. The van der Waals surface area contributed by atoms with Gasteiger partial charge in [0.15, 0.2) is 5.69 Å². The molecule has 3 aromatic rings. The van der Waals surface area contributed by atoms with E-state index in [0.717, 1.165) is 17.8 Å². The lowest BCUT2D eigenvalue weighted by atomic mass is 10.1. The molecule has 0 spiro atoms. The number of carboxylic acid groups (broad SMARTS) is 1. The number of benzene rings is 1. The lowest BCUT2D eigenvalue weighted by molar-refractivity contribution is -0.144. The van der Waals surface area contributed by atoms with Gasteiger partial charge >= 0.3 is 12.1 Å². The Morgan fingerprint density at radius 3 is 2.32 bits per heavy atom. The van der Waals surface area contributed by atoms with Crippen LogP contribution in [0.25, 0.3) is 22.6 Å². The Balaban J connectivity index is 1.46. The molecule has 0 unspecified atom stereocenters. The van der Waals surface area contributed by atoms with E-state index in [1.807, 2.05) is 0 Å². The largest absolute Gasteiger partial charge is 0.492 e. The first-order chi connectivity index (χ1) is 17.4. The van der Waals surface area contributed by atoms with Crippen molar-refractivity contribution in [1.82, 2.24) is 14.5 Å². The first-order valence-electron chi connectivity index (χ1n) is 12.0. The van der Waals surface area contributed by atoms with Crippen LogP contribution in [0.15, 0.2) is 48.8 Å². The second-order valence-corrected chi connectivity index (χ2v) is 16.2. The standard InChI is InChI=1S/C26H30F3N3O4Si/c1-37(2,3)13-12-35-17-32-15-22(26(27,28)29)31-23(32)19-6-9-21(30-14-19)18-4-7-20(8-5-18)36-16-25(10-11-25)24(33)34/h4-9,14-15H,10-13,16-17H2,1-3H3,(H,33,34). The zero-order valence-electron chi connectivity index (χ0n) is 21.0. The smallest absolute Gasteiger partial charge is 0.434 e. The third-order valence-electron chi connectivity index (χ3n) is 6.29. The van der Waals surface area contributed by atoms with E-state index in [9.17, 15) is 23.1 Å². The van der Waals surface area contributed by atoms with Crippen molar-refractivity contribution in [3.05, 3.63) is 54.5 Å². The average molecular weight is 534 g/mol. The third kappa shape index (κ3) is 6.78. The molecular formula is C26H30F3N3O4Si. The number of aromatic nitrogens is 3. The Morgan fingerprint density at radius 2 is 1.78 bits per heavy atom. The van der Waals surface area contributed by atoms with Crippen molar-refractivity contribution in [2.24, 2.45) is 5.41 Å². The van der Waals surface area contributed by atoms with Gasteiger partial charge in [-0.1, -0.05) is 19.6 Å². The molecule has 4 rings (SSSR count). The highest BCUT2D eigenvalue weighted by Gasteiger charge is 2.51. The van der Waals surface area contributed by atoms with Crippen LogP contribution in [0, 0.1) is 5.41 Å². The second-order valence-electron chi connectivity index (χ2n) is 10.6. The SMILES string of the molecule is C[Si](C)(C)CCOCn1cc(C(F)(F)F)nc1-c1ccc(-c2ccc(OCC3(C(=O)O)CC3)cc2)nc1. The van der Waals surface area contributed by atoms with Crippen LogP contribution in [0.4, 0.5) is 13.2 Å². The van der Waals surface area contributed by atoms with Gasteiger partial charge in [0.1, 0.15) is 30.3 Å². The van der Waals surface area contributed by atoms with Gasteiger partial charge in [0, 0.05) is 38.2 Å². The van der Waals surface area contributed by atoms with Gasteiger partial charge < -0.3 is 19.1 Å². The summed E-state index contributed by atoms with van der Waals surface area (Å²) in [6.07, 6.45) is -0.885. The van der Waals surface area contributed by atoms with Crippen LogP contribution in [0.3, 0.4) is 0 Å². The zero-order chi connectivity index (χ0) is 26.8. The van der Waals surface area contributed by atoms with Crippen LogP contribution in [0.1, 0.15) is 18.5 Å². The Labute approximate surface area is 214 Å². The van der Waals surface area contributed by atoms with Crippen LogP contribution < -0.4 is 4.74 Å². The van der Waals surface area contributed by atoms with Gasteiger partial charge in [-0.2, -0.15) is 13.2 Å². The fourth-order valence-electron chi connectivity index (χ4n) is 3.63. The lowest BCUT2D eigenvalue weighted by Gasteiger charge is -2.16. The molecule has 198 valence electrons. The lowest BCUT2D eigenvalue weighted by Crippen LogP contribution is -2.22. The summed E-state index contributed by atoms with van der Waals surface area (Å²) in [6.45, 7) is 7.19. The summed E-state index contributed by atoms with van der Waals surface area (Å²) in [5.74, 6) is -0.145. The molecule has 1 aliphatic rings. The summed E-state index contributed by atoms with van der Waals surface area (Å²) in [6, 6.07) is 11.4. The highest BCUT2D eigenvalue weighted by Crippen LogP contribution is 2.46. The minimum absolute atomic E-state index is 0.0325. The average Bonchev–Trinajstić information content (AvgIpc) is 3.51. The fourth-order valence-corrected chi connectivity index (χ4v) is 4.39. The monoisotopic (exact) mass is 533 g/mol. The molecule has 1 aliphatic carbocycles. The maximum Gasteiger partial charge on any atom is 0.434 e. The predicted molar refractivity (Wildman–Crippen MR) is 135 cm³/mol. The fraction of sp³-hybridized carbons (Fsp3) is 0.423. The molecule has 0 aliphatic heterocycles. The number of aliphatic carboxylic acids is 1. The molecule has 7 nitrogen and oxygen atoms in total. The van der Waals surface area contributed by atoms with Crippen LogP contribution in [0.2, 0.25) is 25.7 Å². The van der Waals surface area contributed by atoms with Gasteiger partial charge in [-0.3, -0.25) is 9.78 Å². The Morgan fingerprint density at radius 1 is 1.11 bits per heavy atom.